The van der Waals surface area contributed by atoms with Crippen molar-refractivity contribution in [2.75, 3.05) is 26.2 Å². The van der Waals surface area contributed by atoms with Crippen molar-refractivity contribution in [1.82, 2.24) is 9.80 Å². The van der Waals surface area contributed by atoms with Crippen molar-refractivity contribution in [3.05, 3.63) is 0 Å². The molecule has 2 fully saturated rings. The molecule has 5 nitrogen and oxygen atoms in total. The number of carbonyl (C=O) groups excluding carboxylic acids is 2. The maximum absolute atomic E-state index is 12.4. The Hall–Kier alpha value is -0.810. The Balaban J connectivity index is 0.00000288. The molecule has 0 spiro atoms. The van der Waals surface area contributed by atoms with E-state index in [4.69, 9.17) is 5.73 Å². The molecule has 1 atom stereocenters. The Labute approximate surface area is 152 Å². The smallest absolute Gasteiger partial charge is 0.239 e. The Morgan fingerprint density at radius 3 is 2.21 bits per heavy atom. The molecule has 24 heavy (non-hydrogen) atoms. The van der Waals surface area contributed by atoms with E-state index in [2.05, 4.69) is 0 Å². The average Bonchev–Trinajstić information content (AvgIpc) is 2.60. The minimum absolute atomic E-state index is 0. The summed E-state index contributed by atoms with van der Waals surface area (Å²) in [5.74, 6) is 1.06. The molecule has 0 bridgehead atoms. The van der Waals surface area contributed by atoms with Crippen LogP contribution in [0.3, 0.4) is 0 Å². The van der Waals surface area contributed by atoms with E-state index >= 15 is 0 Å². The number of carbonyl (C=O) groups is 2. The summed E-state index contributed by atoms with van der Waals surface area (Å²) in [4.78, 5) is 28.3. The molecule has 6 heteroatoms. The first-order valence-electron chi connectivity index (χ1n) is 9.44. The van der Waals surface area contributed by atoms with Crippen LogP contribution in [0.2, 0.25) is 0 Å². The lowest BCUT2D eigenvalue weighted by molar-refractivity contribution is -0.140. The summed E-state index contributed by atoms with van der Waals surface area (Å²) in [6.07, 6.45) is 9.99. The van der Waals surface area contributed by atoms with Crippen LogP contribution >= 0.6 is 12.4 Å². The molecule has 0 aromatic rings. The van der Waals surface area contributed by atoms with Gasteiger partial charge in [-0.2, -0.15) is 0 Å². The Bertz CT molecular complexity index is 392. The fraction of sp³-hybridized carbons (Fsp3) is 0.889. The van der Waals surface area contributed by atoms with Crippen molar-refractivity contribution in [3.63, 3.8) is 0 Å². The number of halogens is 1. The molecule has 2 N–H and O–H groups in total. The lowest BCUT2D eigenvalue weighted by Gasteiger charge is -2.36. The van der Waals surface area contributed by atoms with Gasteiger partial charge in [-0.3, -0.25) is 9.59 Å². The van der Waals surface area contributed by atoms with Gasteiger partial charge in [0.05, 0.1) is 6.04 Å². The molecular formula is C18H34ClN3O2. The average molecular weight is 360 g/mol. The van der Waals surface area contributed by atoms with E-state index < -0.39 is 0 Å². The largest absolute Gasteiger partial charge is 0.339 e. The second-order valence-electron chi connectivity index (χ2n) is 7.14. The Morgan fingerprint density at radius 2 is 1.62 bits per heavy atom. The number of nitrogens with zero attached hydrogens (tertiary/aromatic N) is 2. The minimum atomic E-state index is -0.381. The highest BCUT2D eigenvalue weighted by Crippen LogP contribution is 2.27. The van der Waals surface area contributed by atoms with Crippen LogP contribution in [0.1, 0.15) is 64.7 Å². The fourth-order valence-corrected chi connectivity index (χ4v) is 3.81. The van der Waals surface area contributed by atoms with Crippen LogP contribution in [-0.4, -0.2) is 53.8 Å². The number of amides is 2. The lowest BCUT2D eigenvalue weighted by Crippen LogP contribution is -2.54. The van der Waals surface area contributed by atoms with E-state index in [1.807, 2.05) is 16.7 Å². The zero-order valence-corrected chi connectivity index (χ0v) is 15.9. The number of hydrogen-bond acceptors (Lipinski definition) is 3. The van der Waals surface area contributed by atoms with Gasteiger partial charge >= 0.3 is 0 Å². The predicted molar refractivity (Wildman–Crippen MR) is 99.1 cm³/mol. The van der Waals surface area contributed by atoms with Gasteiger partial charge in [0.15, 0.2) is 0 Å². The highest BCUT2D eigenvalue weighted by atomic mass is 35.5. The first kappa shape index (κ1) is 21.2. The van der Waals surface area contributed by atoms with Gasteiger partial charge in [0.2, 0.25) is 11.8 Å². The molecule has 1 saturated carbocycles. The van der Waals surface area contributed by atoms with Crippen LogP contribution in [0.25, 0.3) is 0 Å². The standard InChI is InChI=1S/C18H33N3O2.ClH/c1-2-6-16(19)18(23)21-13-11-20(12-14-21)17(22)10-9-15-7-4-3-5-8-15;/h15-16H,2-14,19H2,1H3;1H. The summed E-state index contributed by atoms with van der Waals surface area (Å²) < 4.78 is 0. The maximum atomic E-state index is 12.4. The van der Waals surface area contributed by atoms with E-state index in [9.17, 15) is 9.59 Å². The number of nitrogens with two attached hydrogens (primary N) is 1. The van der Waals surface area contributed by atoms with Gasteiger partial charge in [-0.15, -0.1) is 12.4 Å². The van der Waals surface area contributed by atoms with E-state index in [0.29, 0.717) is 32.6 Å². The highest BCUT2D eigenvalue weighted by Gasteiger charge is 2.27. The van der Waals surface area contributed by atoms with Crippen LogP contribution < -0.4 is 5.73 Å². The molecule has 1 saturated heterocycles. The molecular weight excluding hydrogens is 326 g/mol. The molecule has 2 aliphatic rings. The molecule has 0 aromatic carbocycles. The van der Waals surface area contributed by atoms with E-state index in [0.717, 1.165) is 25.2 Å². The zero-order valence-electron chi connectivity index (χ0n) is 15.0. The van der Waals surface area contributed by atoms with Gasteiger partial charge in [-0.05, 0) is 18.8 Å². The number of rotatable bonds is 6. The van der Waals surface area contributed by atoms with Crippen molar-refractivity contribution >= 4 is 24.2 Å². The van der Waals surface area contributed by atoms with Crippen LogP contribution in [0.4, 0.5) is 0 Å². The van der Waals surface area contributed by atoms with Crippen molar-refractivity contribution in [1.29, 1.82) is 0 Å². The molecule has 140 valence electrons. The molecule has 2 rings (SSSR count). The van der Waals surface area contributed by atoms with Crippen molar-refractivity contribution in [2.24, 2.45) is 11.7 Å². The third kappa shape index (κ3) is 6.25. The van der Waals surface area contributed by atoms with E-state index in [-0.39, 0.29) is 30.3 Å². The summed E-state index contributed by atoms with van der Waals surface area (Å²) in [5.41, 5.74) is 5.91. The molecule has 1 heterocycles. The first-order chi connectivity index (χ1) is 11.1. The van der Waals surface area contributed by atoms with Crippen molar-refractivity contribution in [2.45, 2.75) is 70.8 Å². The summed E-state index contributed by atoms with van der Waals surface area (Å²) >= 11 is 0. The van der Waals surface area contributed by atoms with Gasteiger partial charge in [0.1, 0.15) is 0 Å². The normalized spacial score (nSPS) is 20.4. The molecule has 1 unspecified atom stereocenters. The van der Waals surface area contributed by atoms with E-state index in [1.54, 1.807) is 0 Å². The first-order valence-corrected chi connectivity index (χ1v) is 9.44. The van der Waals surface area contributed by atoms with Crippen molar-refractivity contribution in [3.8, 4) is 0 Å². The second kappa shape index (κ2) is 10.9. The Kier molecular flexibility index (Phi) is 9.67. The molecule has 0 aromatic heterocycles. The van der Waals surface area contributed by atoms with Gasteiger partial charge in [0, 0.05) is 32.6 Å². The lowest BCUT2D eigenvalue weighted by atomic mass is 9.86. The molecule has 0 radical (unpaired) electrons. The molecule has 1 aliphatic heterocycles. The van der Waals surface area contributed by atoms with Gasteiger partial charge in [-0.25, -0.2) is 0 Å². The SMILES string of the molecule is CCCC(N)C(=O)N1CCN(C(=O)CCC2CCCCC2)CC1.Cl. The summed E-state index contributed by atoms with van der Waals surface area (Å²) in [6.45, 7) is 4.62. The van der Waals surface area contributed by atoms with Gasteiger partial charge in [-0.1, -0.05) is 45.4 Å². The third-order valence-electron chi connectivity index (χ3n) is 5.35. The summed E-state index contributed by atoms with van der Waals surface area (Å²) in [6, 6.07) is -0.381. The minimum Gasteiger partial charge on any atom is -0.339 e. The zero-order chi connectivity index (χ0) is 16.7. The topological polar surface area (TPSA) is 66.6 Å². The predicted octanol–water partition coefficient (Wildman–Crippen LogP) is 2.57. The summed E-state index contributed by atoms with van der Waals surface area (Å²) in [7, 11) is 0. The summed E-state index contributed by atoms with van der Waals surface area (Å²) in [5, 5.41) is 0. The molecule has 1 aliphatic carbocycles. The van der Waals surface area contributed by atoms with Crippen LogP contribution in [0.15, 0.2) is 0 Å². The highest BCUT2D eigenvalue weighted by molar-refractivity contribution is 5.85. The Morgan fingerprint density at radius 1 is 1.04 bits per heavy atom. The number of piperazine rings is 1. The third-order valence-corrected chi connectivity index (χ3v) is 5.35. The second-order valence-corrected chi connectivity index (χ2v) is 7.14. The van der Waals surface area contributed by atoms with Crippen molar-refractivity contribution < 1.29 is 9.59 Å². The fourth-order valence-electron chi connectivity index (χ4n) is 3.81. The van der Waals surface area contributed by atoms with Gasteiger partial charge < -0.3 is 15.5 Å². The quantitative estimate of drug-likeness (QED) is 0.792. The van der Waals surface area contributed by atoms with Crippen LogP contribution in [0.5, 0.6) is 0 Å². The van der Waals surface area contributed by atoms with Crippen LogP contribution in [-0.2, 0) is 9.59 Å². The molecule has 2 amide bonds. The number of hydrogen-bond donors (Lipinski definition) is 1. The van der Waals surface area contributed by atoms with Crippen LogP contribution in [0, 0.1) is 5.92 Å². The van der Waals surface area contributed by atoms with E-state index in [1.165, 1.54) is 32.1 Å². The maximum Gasteiger partial charge on any atom is 0.239 e. The monoisotopic (exact) mass is 359 g/mol. The van der Waals surface area contributed by atoms with Gasteiger partial charge in [0.25, 0.3) is 0 Å².